The molecule has 0 unspecified atom stereocenters. The number of rotatable bonds is 2. The Morgan fingerprint density at radius 1 is 1.31 bits per heavy atom. The molecule has 0 saturated heterocycles. The zero-order valence-corrected chi connectivity index (χ0v) is 7.08. The molecule has 68 valence electrons. The van der Waals surface area contributed by atoms with E-state index in [0.717, 1.165) is 30.5 Å². The molecule has 0 saturated carbocycles. The number of nitrogens with zero attached hydrogens (tertiary/aromatic N) is 1. The molecule has 0 aliphatic rings. The molecule has 0 radical (unpaired) electrons. The molecule has 0 aliphatic heterocycles. The lowest BCUT2D eigenvalue weighted by Crippen LogP contribution is -2.01. The number of nitriles is 1. The van der Waals surface area contributed by atoms with Crippen molar-refractivity contribution in [1.29, 1.82) is 5.26 Å². The van der Waals surface area contributed by atoms with Crippen molar-refractivity contribution < 1.29 is 17.0 Å². The van der Waals surface area contributed by atoms with Crippen molar-refractivity contribution in [2.24, 2.45) is 0 Å². The summed E-state index contributed by atoms with van der Waals surface area (Å²) in [6, 6.07) is 3.96. The first-order valence-corrected chi connectivity index (χ1v) is 4.55. The van der Waals surface area contributed by atoms with E-state index >= 15 is 0 Å². The molecule has 0 bridgehead atoms. The normalized spacial score (nSPS) is 10.5. The second-order valence-corrected chi connectivity index (χ2v) is 3.63. The van der Waals surface area contributed by atoms with Crippen LogP contribution in [0.5, 0.6) is 0 Å². The van der Waals surface area contributed by atoms with Crippen LogP contribution < -0.4 is 0 Å². The SMILES string of the molecule is N#COS(=O)(=O)c1ccc(F)cc1. The molecule has 1 rings (SSSR count). The van der Waals surface area contributed by atoms with Gasteiger partial charge in [-0.25, -0.2) is 4.39 Å². The van der Waals surface area contributed by atoms with Gasteiger partial charge in [0.15, 0.2) is 0 Å². The van der Waals surface area contributed by atoms with E-state index in [1.54, 1.807) is 0 Å². The van der Waals surface area contributed by atoms with E-state index in [-0.39, 0.29) is 4.90 Å². The van der Waals surface area contributed by atoms with Gasteiger partial charge >= 0.3 is 16.4 Å². The highest BCUT2D eigenvalue weighted by atomic mass is 32.2. The van der Waals surface area contributed by atoms with Gasteiger partial charge in [0.1, 0.15) is 10.7 Å². The van der Waals surface area contributed by atoms with Crippen LogP contribution in [-0.4, -0.2) is 8.42 Å². The summed E-state index contributed by atoms with van der Waals surface area (Å²) in [5.74, 6) is -0.559. The number of benzene rings is 1. The Balaban J connectivity index is 3.11. The highest BCUT2D eigenvalue weighted by Crippen LogP contribution is 2.11. The zero-order chi connectivity index (χ0) is 9.90. The highest BCUT2D eigenvalue weighted by Gasteiger charge is 2.14. The molecule has 0 fully saturated rings. The smallest absolute Gasteiger partial charge is 0.299 e. The Morgan fingerprint density at radius 2 is 1.85 bits per heavy atom. The summed E-state index contributed by atoms with van der Waals surface area (Å²) in [5.41, 5.74) is 0. The third-order valence-electron chi connectivity index (χ3n) is 1.25. The van der Waals surface area contributed by atoms with Gasteiger partial charge in [0.25, 0.3) is 0 Å². The van der Waals surface area contributed by atoms with Crippen LogP contribution in [0.2, 0.25) is 0 Å². The Hall–Kier alpha value is -1.61. The predicted octanol–water partition coefficient (Wildman–Crippen LogP) is 1.01. The molecular weight excluding hydrogens is 197 g/mol. The summed E-state index contributed by atoms with van der Waals surface area (Å²) in [6.45, 7) is 0. The Labute approximate surface area is 74.3 Å². The number of hydrogen-bond donors (Lipinski definition) is 0. The predicted molar refractivity (Wildman–Crippen MR) is 40.3 cm³/mol. The maximum absolute atomic E-state index is 12.4. The monoisotopic (exact) mass is 201 g/mol. The molecule has 4 nitrogen and oxygen atoms in total. The highest BCUT2D eigenvalue weighted by molar-refractivity contribution is 7.86. The molecule has 0 amide bonds. The van der Waals surface area contributed by atoms with Crippen molar-refractivity contribution in [3.63, 3.8) is 0 Å². The van der Waals surface area contributed by atoms with Gasteiger partial charge in [0.05, 0.1) is 0 Å². The lowest BCUT2D eigenvalue weighted by Gasteiger charge is -1.97. The molecule has 13 heavy (non-hydrogen) atoms. The maximum Gasteiger partial charge on any atom is 0.348 e. The van der Waals surface area contributed by atoms with Gasteiger partial charge in [-0.05, 0) is 24.3 Å². The minimum absolute atomic E-state index is 0.254. The molecule has 0 aliphatic carbocycles. The number of hydrogen-bond acceptors (Lipinski definition) is 4. The first-order chi connectivity index (χ1) is 6.06. The van der Waals surface area contributed by atoms with Crippen LogP contribution >= 0.6 is 0 Å². The summed E-state index contributed by atoms with van der Waals surface area (Å²) in [4.78, 5) is -0.254. The molecule has 6 heteroatoms. The fraction of sp³-hybridized carbons (Fsp3) is 0. The summed E-state index contributed by atoms with van der Waals surface area (Å²) < 4.78 is 38.1. The fourth-order valence-electron chi connectivity index (χ4n) is 0.698. The molecule has 0 spiro atoms. The lowest BCUT2D eigenvalue weighted by molar-refractivity contribution is 0.459. The topological polar surface area (TPSA) is 67.2 Å². The second-order valence-electron chi connectivity index (χ2n) is 2.08. The van der Waals surface area contributed by atoms with E-state index in [2.05, 4.69) is 4.18 Å². The maximum atomic E-state index is 12.4. The standard InChI is InChI=1S/C7H4FNO3S/c8-6-1-3-7(4-2-6)13(10,11)12-5-9/h1-4H. The average molecular weight is 201 g/mol. The van der Waals surface area contributed by atoms with Gasteiger partial charge in [-0.2, -0.15) is 8.42 Å². The Bertz CT molecular complexity index is 432. The van der Waals surface area contributed by atoms with Crippen LogP contribution in [0.15, 0.2) is 29.2 Å². The first-order valence-electron chi connectivity index (χ1n) is 3.14. The van der Waals surface area contributed by atoms with Crippen LogP contribution in [0.25, 0.3) is 0 Å². The lowest BCUT2D eigenvalue weighted by atomic mass is 10.4. The van der Waals surface area contributed by atoms with Crippen LogP contribution in [-0.2, 0) is 14.3 Å². The van der Waals surface area contributed by atoms with Crippen molar-refractivity contribution in [2.75, 3.05) is 0 Å². The van der Waals surface area contributed by atoms with Crippen molar-refractivity contribution in [1.82, 2.24) is 0 Å². The van der Waals surface area contributed by atoms with Gasteiger partial charge in [-0.3, -0.25) is 4.18 Å². The Kier molecular flexibility index (Phi) is 2.49. The van der Waals surface area contributed by atoms with E-state index in [1.807, 2.05) is 0 Å². The van der Waals surface area contributed by atoms with Crippen molar-refractivity contribution in [3.8, 4) is 6.26 Å². The van der Waals surface area contributed by atoms with Crippen molar-refractivity contribution >= 4 is 10.1 Å². The molecular formula is C7H4FNO3S. The molecule has 1 aromatic carbocycles. The third-order valence-corrected chi connectivity index (χ3v) is 2.39. The third kappa shape index (κ3) is 2.16. The summed E-state index contributed by atoms with van der Waals surface area (Å²) in [6.07, 6.45) is 1.04. The second kappa shape index (κ2) is 3.41. The van der Waals surface area contributed by atoms with Crippen molar-refractivity contribution in [3.05, 3.63) is 30.1 Å². The molecule has 0 N–H and O–H groups in total. The zero-order valence-electron chi connectivity index (χ0n) is 6.27. The summed E-state index contributed by atoms with van der Waals surface area (Å²) >= 11 is 0. The van der Waals surface area contributed by atoms with Gasteiger partial charge in [-0.1, -0.05) is 0 Å². The quantitative estimate of drug-likeness (QED) is 0.529. The molecule has 1 aromatic rings. The molecule has 0 heterocycles. The van der Waals surface area contributed by atoms with Crippen LogP contribution in [0.1, 0.15) is 0 Å². The van der Waals surface area contributed by atoms with Crippen molar-refractivity contribution in [2.45, 2.75) is 4.90 Å². The molecule has 0 atom stereocenters. The Morgan fingerprint density at radius 3 is 2.31 bits per heavy atom. The van der Waals surface area contributed by atoms with Gasteiger partial charge in [0.2, 0.25) is 0 Å². The van der Waals surface area contributed by atoms with E-state index in [1.165, 1.54) is 0 Å². The van der Waals surface area contributed by atoms with Gasteiger partial charge < -0.3 is 0 Å². The van der Waals surface area contributed by atoms with E-state index in [0.29, 0.717) is 0 Å². The van der Waals surface area contributed by atoms with Crippen LogP contribution in [0.4, 0.5) is 4.39 Å². The first kappa shape index (κ1) is 9.48. The van der Waals surface area contributed by atoms with E-state index < -0.39 is 15.9 Å². The minimum atomic E-state index is -4.05. The van der Waals surface area contributed by atoms with Gasteiger partial charge in [0, 0.05) is 0 Å². The fourth-order valence-corrected chi connectivity index (χ4v) is 1.36. The van der Waals surface area contributed by atoms with Crippen LogP contribution in [0.3, 0.4) is 0 Å². The van der Waals surface area contributed by atoms with Crippen LogP contribution in [0, 0.1) is 17.3 Å². The largest absolute Gasteiger partial charge is 0.348 e. The number of halogens is 1. The van der Waals surface area contributed by atoms with Gasteiger partial charge in [-0.15, -0.1) is 5.26 Å². The molecule has 0 aromatic heterocycles. The van der Waals surface area contributed by atoms with E-state index in [4.69, 9.17) is 5.26 Å². The minimum Gasteiger partial charge on any atom is -0.299 e. The summed E-state index contributed by atoms with van der Waals surface area (Å²) in [7, 11) is -4.05. The summed E-state index contributed by atoms with van der Waals surface area (Å²) in [5, 5.41) is 7.99. The van der Waals surface area contributed by atoms with E-state index in [9.17, 15) is 12.8 Å². The average Bonchev–Trinajstić information content (AvgIpc) is 2.05.